The van der Waals surface area contributed by atoms with Crippen molar-refractivity contribution in [2.45, 2.75) is 42.1 Å². The summed E-state index contributed by atoms with van der Waals surface area (Å²) in [5.74, 6) is 0.884. The van der Waals surface area contributed by atoms with Crippen molar-refractivity contribution < 1.29 is 17.9 Å². The first kappa shape index (κ1) is 19.9. The number of carbonyl (C=O) groups is 1. The van der Waals surface area contributed by atoms with Crippen molar-refractivity contribution in [2.24, 2.45) is 0 Å². The summed E-state index contributed by atoms with van der Waals surface area (Å²) in [5, 5.41) is 2.71. The van der Waals surface area contributed by atoms with Gasteiger partial charge in [-0.05, 0) is 30.2 Å². The van der Waals surface area contributed by atoms with Crippen LogP contribution in [0, 0.1) is 0 Å². The third kappa shape index (κ3) is 3.89. The Morgan fingerprint density at radius 3 is 2.45 bits per heavy atom. The number of amides is 1. The number of fused-ring (bicyclic) bond motifs is 1. The molecule has 1 amide bonds. The average molecular weight is 415 g/mol. The Bertz CT molecular complexity index is 983. The van der Waals surface area contributed by atoms with Crippen LogP contribution in [0.1, 0.15) is 37.2 Å². The summed E-state index contributed by atoms with van der Waals surface area (Å²) < 4.78 is 33.8. The zero-order valence-electron chi connectivity index (χ0n) is 16.5. The predicted octanol–water partition coefficient (Wildman–Crippen LogP) is 2.91. The molecule has 2 heterocycles. The van der Waals surface area contributed by atoms with E-state index in [1.807, 2.05) is 30.3 Å². The summed E-state index contributed by atoms with van der Waals surface area (Å²) in [5.41, 5.74) is 0.622. The number of rotatable bonds is 4. The zero-order chi connectivity index (χ0) is 20.5. The molecule has 0 aromatic heterocycles. The predicted molar refractivity (Wildman–Crippen MR) is 110 cm³/mol. The normalized spacial score (nSPS) is 21.2. The van der Waals surface area contributed by atoms with Crippen molar-refractivity contribution >= 4 is 15.9 Å². The van der Waals surface area contributed by atoms with Crippen LogP contribution in [0.15, 0.2) is 59.5 Å². The lowest BCUT2D eigenvalue weighted by Crippen LogP contribution is -2.52. The number of nitrogens with zero attached hydrogens (tertiary/aromatic N) is 1. The quantitative estimate of drug-likeness (QED) is 0.835. The molecule has 2 aromatic carbocycles. The Morgan fingerprint density at radius 2 is 1.76 bits per heavy atom. The van der Waals surface area contributed by atoms with Gasteiger partial charge in [-0.1, -0.05) is 36.4 Å². The van der Waals surface area contributed by atoms with Gasteiger partial charge >= 0.3 is 0 Å². The molecule has 4 rings (SSSR count). The van der Waals surface area contributed by atoms with Crippen molar-refractivity contribution in [1.29, 1.82) is 0 Å². The molecule has 6 nitrogen and oxygen atoms in total. The van der Waals surface area contributed by atoms with Crippen molar-refractivity contribution in [1.82, 2.24) is 9.62 Å². The standard InChI is InChI=1S/C22H26N2O4S/c1-23-21(25)15-17-16-22(28-20-10-6-5-9-19(17)20)11-13-24(14-12-22)29(26,27)18-7-3-2-4-8-18/h2-10,17H,11-16H2,1H3,(H,23,25)/t17-/m0/s1. The van der Waals surface area contributed by atoms with E-state index < -0.39 is 15.6 Å². The van der Waals surface area contributed by atoms with Gasteiger partial charge < -0.3 is 10.1 Å². The zero-order valence-corrected chi connectivity index (χ0v) is 17.3. The maximum Gasteiger partial charge on any atom is 0.243 e. The van der Waals surface area contributed by atoms with Crippen LogP contribution in [0.2, 0.25) is 0 Å². The number of piperidine rings is 1. The molecule has 2 aromatic rings. The van der Waals surface area contributed by atoms with Gasteiger partial charge in [0.25, 0.3) is 0 Å². The molecule has 0 radical (unpaired) electrons. The van der Waals surface area contributed by atoms with Gasteiger partial charge in [-0.15, -0.1) is 0 Å². The lowest BCUT2D eigenvalue weighted by molar-refractivity contribution is -0.121. The Hall–Kier alpha value is -2.38. The highest BCUT2D eigenvalue weighted by atomic mass is 32.2. The van der Waals surface area contributed by atoms with Gasteiger partial charge in [0.1, 0.15) is 11.4 Å². The molecule has 1 fully saturated rings. The summed E-state index contributed by atoms with van der Waals surface area (Å²) in [6.45, 7) is 0.818. The van der Waals surface area contributed by atoms with E-state index in [4.69, 9.17) is 4.74 Å². The van der Waals surface area contributed by atoms with Crippen LogP contribution >= 0.6 is 0 Å². The lowest BCUT2D eigenvalue weighted by atomic mass is 9.76. The first-order chi connectivity index (χ1) is 13.9. The highest BCUT2D eigenvalue weighted by Crippen LogP contribution is 2.46. The number of sulfonamides is 1. The minimum absolute atomic E-state index is 0.00550. The Balaban J connectivity index is 1.54. The smallest absolute Gasteiger partial charge is 0.243 e. The van der Waals surface area contributed by atoms with Crippen molar-refractivity contribution in [3.8, 4) is 5.75 Å². The second kappa shape index (κ2) is 7.80. The number of ether oxygens (including phenoxy) is 1. The fourth-order valence-corrected chi connectivity index (χ4v) is 5.90. The van der Waals surface area contributed by atoms with Crippen LogP contribution in [0.25, 0.3) is 0 Å². The fourth-order valence-electron chi connectivity index (χ4n) is 4.43. The molecule has 1 atom stereocenters. The van der Waals surface area contributed by atoms with E-state index in [1.165, 1.54) is 0 Å². The maximum atomic E-state index is 12.9. The Morgan fingerprint density at radius 1 is 1.10 bits per heavy atom. The molecule has 0 aliphatic carbocycles. The Kier molecular flexibility index (Phi) is 5.36. The van der Waals surface area contributed by atoms with E-state index in [1.54, 1.807) is 35.6 Å². The summed E-state index contributed by atoms with van der Waals surface area (Å²) in [6.07, 6.45) is 2.34. The number of para-hydroxylation sites is 1. The molecule has 0 saturated carbocycles. The van der Waals surface area contributed by atoms with Gasteiger partial charge in [-0.2, -0.15) is 4.31 Å². The summed E-state index contributed by atoms with van der Waals surface area (Å²) >= 11 is 0. The number of hydrogen-bond donors (Lipinski definition) is 1. The number of benzene rings is 2. The van der Waals surface area contributed by atoms with Gasteiger partial charge in [0.15, 0.2) is 0 Å². The number of nitrogens with one attached hydrogen (secondary N) is 1. The van der Waals surface area contributed by atoms with Crippen LogP contribution in [-0.4, -0.2) is 44.4 Å². The largest absolute Gasteiger partial charge is 0.487 e. The second-order valence-electron chi connectivity index (χ2n) is 7.82. The first-order valence-electron chi connectivity index (χ1n) is 9.97. The van der Waals surface area contributed by atoms with Gasteiger partial charge in [0.2, 0.25) is 15.9 Å². The van der Waals surface area contributed by atoms with Gasteiger partial charge in [0.05, 0.1) is 4.90 Å². The van der Waals surface area contributed by atoms with E-state index in [2.05, 4.69) is 5.32 Å². The van der Waals surface area contributed by atoms with E-state index in [0.29, 0.717) is 37.2 Å². The maximum absolute atomic E-state index is 12.9. The van der Waals surface area contributed by atoms with E-state index in [9.17, 15) is 13.2 Å². The summed E-state index contributed by atoms with van der Waals surface area (Å²) in [4.78, 5) is 12.4. The molecule has 1 spiro atoms. The fraction of sp³-hybridized carbons (Fsp3) is 0.409. The minimum Gasteiger partial charge on any atom is -0.487 e. The molecular formula is C22H26N2O4S. The van der Waals surface area contributed by atoms with Gasteiger partial charge in [-0.3, -0.25) is 4.79 Å². The lowest BCUT2D eigenvalue weighted by Gasteiger charge is -2.46. The van der Waals surface area contributed by atoms with Crippen LogP contribution in [0.3, 0.4) is 0 Å². The average Bonchev–Trinajstić information content (AvgIpc) is 2.74. The van der Waals surface area contributed by atoms with Crippen molar-refractivity contribution in [2.75, 3.05) is 20.1 Å². The number of hydrogen-bond acceptors (Lipinski definition) is 4. The van der Waals surface area contributed by atoms with Gasteiger partial charge in [0, 0.05) is 45.3 Å². The minimum atomic E-state index is -3.50. The highest BCUT2D eigenvalue weighted by molar-refractivity contribution is 7.89. The van der Waals surface area contributed by atoms with Crippen LogP contribution < -0.4 is 10.1 Å². The van der Waals surface area contributed by atoms with E-state index in [0.717, 1.165) is 17.7 Å². The van der Waals surface area contributed by atoms with E-state index >= 15 is 0 Å². The molecular weight excluding hydrogens is 388 g/mol. The number of carbonyl (C=O) groups excluding carboxylic acids is 1. The monoisotopic (exact) mass is 414 g/mol. The highest BCUT2D eigenvalue weighted by Gasteiger charge is 2.45. The van der Waals surface area contributed by atoms with Gasteiger partial charge in [-0.25, -0.2) is 8.42 Å². The molecule has 1 N–H and O–H groups in total. The third-order valence-corrected chi connectivity index (χ3v) is 7.94. The van der Waals surface area contributed by atoms with Crippen molar-refractivity contribution in [3.63, 3.8) is 0 Å². The molecule has 0 bridgehead atoms. The third-order valence-electron chi connectivity index (χ3n) is 6.03. The SMILES string of the molecule is CNC(=O)C[C@H]1CC2(CCN(S(=O)(=O)c3ccccc3)CC2)Oc2ccccc21. The second-order valence-corrected chi connectivity index (χ2v) is 9.76. The van der Waals surface area contributed by atoms with E-state index in [-0.39, 0.29) is 11.8 Å². The Labute approximate surface area is 171 Å². The van der Waals surface area contributed by atoms with Crippen LogP contribution in [-0.2, 0) is 14.8 Å². The molecule has 1 saturated heterocycles. The molecule has 7 heteroatoms. The molecule has 154 valence electrons. The summed E-state index contributed by atoms with van der Waals surface area (Å²) in [6, 6.07) is 16.4. The van der Waals surface area contributed by atoms with Crippen LogP contribution in [0.5, 0.6) is 5.75 Å². The van der Waals surface area contributed by atoms with Crippen LogP contribution in [0.4, 0.5) is 0 Å². The molecule has 2 aliphatic heterocycles. The summed E-state index contributed by atoms with van der Waals surface area (Å²) in [7, 11) is -1.85. The topological polar surface area (TPSA) is 75.7 Å². The molecule has 2 aliphatic rings. The molecule has 29 heavy (non-hydrogen) atoms. The van der Waals surface area contributed by atoms with Crippen molar-refractivity contribution in [3.05, 3.63) is 60.2 Å². The molecule has 0 unspecified atom stereocenters. The first-order valence-corrected chi connectivity index (χ1v) is 11.4.